The quantitative estimate of drug-likeness (QED) is 0.0938. The molecular formula is C45H48F2N10O4. The lowest BCUT2D eigenvalue weighted by Gasteiger charge is -2.36. The molecule has 3 aliphatic heterocycles. The minimum Gasteiger partial charge on any atom is -0.384 e. The summed E-state index contributed by atoms with van der Waals surface area (Å²) in [5.41, 5.74) is 6.94. The molecular weight excluding hydrogens is 783 g/mol. The van der Waals surface area contributed by atoms with Gasteiger partial charge in [0.1, 0.15) is 11.6 Å². The van der Waals surface area contributed by atoms with E-state index in [1.807, 2.05) is 49.5 Å². The minimum absolute atomic E-state index is 0.160. The zero-order chi connectivity index (χ0) is 42.0. The average Bonchev–Trinajstić information content (AvgIpc) is 3.80. The number of carbonyl (C=O) groups excluding carboxylic acids is 3. The monoisotopic (exact) mass is 830 g/mol. The van der Waals surface area contributed by atoms with Gasteiger partial charge in [0.2, 0.25) is 11.8 Å². The first kappa shape index (κ1) is 40.0. The molecule has 1 unspecified atom stereocenters. The van der Waals surface area contributed by atoms with Crippen molar-refractivity contribution in [1.29, 1.82) is 0 Å². The number of imide groups is 1. The Balaban J connectivity index is 0.835. The smallest absolute Gasteiger partial charge is 0.258 e. The van der Waals surface area contributed by atoms with E-state index >= 15 is 0 Å². The fraction of sp³-hybridized carbons (Fsp3) is 0.356. The molecule has 0 saturated carbocycles. The van der Waals surface area contributed by atoms with Crippen molar-refractivity contribution in [2.45, 2.75) is 44.1 Å². The van der Waals surface area contributed by atoms with Crippen LogP contribution in [0.2, 0.25) is 0 Å². The maximum atomic E-state index is 14.0. The van der Waals surface area contributed by atoms with E-state index in [4.69, 9.17) is 4.74 Å². The van der Waals surface area contributed by atoms with E-state index < -0.39 is 17.6 Å². The van der Waals surface area contributed by atoms with Crippen LogP contribution >= 0.6 is 0 Å². The summed E-state index contributed by atoms with van der Waals surface area (Å²) in [7, 11) is 1.87. The average molecular weight is 831 g/mol. The second kappa shape index (κ2) is 17.3. The van der Waals surface area contributed by atoms with Crippen LogP contribution in [0.5, 0.6) is 0 Å². The van der Waals surface area contributed by atoms with Gasteiger partial charge in [-0.15, -0.1) is 0 Å². The van der Waals surface area contributed by atoms with Gasteiger partial charge < -0.3 is 25.6 Å². The van der Waals surface area contributed by atoms with Gasteiger partial charge in [-0.25, -0.2) is 8.78 Å². The molecule has 6 aromatic rings. The molecule has 1 atom stereocenters. The van der Waals surface area contributed by atoms with Crippen LogP contribution in [0.4, 0.5) is 31.7 Å². The number of hydrogen-bond acceptors (Lipinski definition) is 10. The fourth-order valence-corrected chi connectivity index (χ4v) is 8.69. The van der Waals surface area contributed by atoms with Crippen molar-refractivity contribution in [2.24, 2.45) is 7.05 Å². The summed E-state index contributed by atoms with van der Waals surface area (Å²) >= 11 is 0. The fourth-order valence-electron chi connectivity index (χ4n) is 8.69. The summed E-state index contributed by atoms with van der Waals surface area (Å²) in [5, 5.41) is 26.3. The zero-order valence-corrected chi connectivity index (χ0v) is 33.9. The van der Waals surface area contributed by atoms with Gasteiger partial charge >= 0.3 is 0 Å². The lowest BCUT2D eigenvalue weighted by Crippen LogP contribution is -2.47. The molecule has 5 heterocycles. The van der Waals surface area contributed by atoms with Crippen LogP contribution in [0.1, 0.15) is 58.8 Å². The maximum absolute atomic E-state index is 14.0. The molecule has 3 fully saturated rings. The minimum atomic E-state index is -0.627. The number of fused-ring (bicyclic) bond motifs is 2. The van der Waals surface area contributed by atoms with Gasteiger partial charge in [-0.3, -0.25) is 34.4 Å². The molecule has 4 aromatic carbocycles. The zero-order valence-electron chi connectivity index (χ0n) is 33.9. The summed E-state index contributed by atoms with van der Waals surface area (Å²) in [6.45, 7) is 6.35. The van der Waals surface area contributed by atoms with Crippen molar-refractivity contribution in [3.05, 3.63) is 107 Å². The molecule has 0 bridgehead atoms. The number of nitrogens with zero attached hydrogens (tertiary/aromatic N) is 5. The Bertz CT molecular complexity index is 2590. The number of anilines is 4. The molecule has 0 aliphatic carbocycles. The Morgan fingerprint density at radius 3 is 2.48 bits per heavy atom. The normalized spacial score (nSPS) is 17.8. The first-order valence-corrected chi connectivity index (χ1v) is 20.9. The largest absolute Gasteiger partial charge is 0.384 e. The van der Waals surface area contributed by atoms with Crippen molar-refractivity contribution in [1.82, 2.24) is 30.2 Å². The van der Waals surface area contributed by atoms with Crippen LogP contribution in [0.3, 0.4) is 0 Å². The Morgan fingerprint density at radius 1 is 0.885 bits per heavy atom. The van der Waals surface area contributed by atoms with Crippen molar-refractivity contribution < 1.29 is 27.9 Å². The Labute approximate surface area is 351 Å². The molecule has 61 heavy (non-hydrogen) atoms. The lowest BCUT2D eigenvalue weighted by molar-refractivity contribution is -0.134. The molecule has 0 radical (unpaired) electrons. The second-order valence-corrected chi connectivity index (χ2v) is 16.1. The van der Waals surface area contributed by atoms with Gasteiger partial charge in [-0.05, 0) is 97.5 Å². The van der Waals surface area contributed by atoms with Crippen LogP contribution in [0.25, 0.3) is 21.8 Å². The molecule has 14 nitrogen and oxygen atoms in total. The number of aromatic nitrogens is 4. The van der Waals surface area contributed by atoms with Gasteiger partial charge in [0.05, 0.1) is 28.2 Å². The highest BCUT2D eigenvalue weighted by atomic mass is 19.1. The standard InChI is InChI=1S/C45H48F2N10O4/c1-55-40-25-32(3-5-35(40)42(54-55)36-7-9-41(58)50-45(36)60)48-12-13-56-14-16-57(17-15-56)33-4-6-34(39(26-33)49-31-10-18-61-19-11-31)44(59)51-43-37-23-27(2-8-38(37)52-53-43)20-28-21-29(46)24-30(47)22-28/h2-6,8,21-26,31,36,48-49H,7,9-20H2,1H3,(H,50,58,60)(H2,51,52,53,59). The summed E-state index contributed by atoms with van der Waals surface area (Å²) < 4.78 is 35.2. The van der Waals surface area contributed by atoms with Gasteiger partial charge in [0.25, 0.3) is 5.91 Å². The van der Waals surface area contributed by atoms with Gasteiger partial charge in [0.15, 0.2) is 5.82 Å². The first-order chi connectivity index (χ1) is 29.6. The number of rotatable bonds is 12. The Kier molecular flexibility index (Phi) is 11.4. The van der Waals surface area contributed by atoms with Crippen LogP contribution in [-0.4, -0.2) is 101 Å². The van der Waals surface area contributed by atoms with E-state index in [-0.39, 0.29) is 23.8 Å². The highest BCUT2D eigenvalue weighted by Crippen LogP contribution is 2.32. The summed E-state index contributed by atoms with van der Waals surface area (Å²) in [6, 6.07) is 21.2. The van der Waals surface area contributed by atoms with Gasteiger partial charge in [-0.2, -0.15) is 10.2 Å². The SMILES string of the molecule is Cn1nc(C2CCC(=O)NC2=O)c2ccc(NCCN3CCN(c4ccc(C(=O)Nc5n[nH]c6ccc(Cc7cc(F)cc(F)c7)cc56)c(NC5CCOCC5)c4)CC3)cc21. The molecule has 9 rings (SSSR count). The van der Waals surface area contributed by atoms with E-state index in [1.165, 1.54) is 12.1 Å². The second-order valence-electron chi connectivity index (χ2n) is 16.1. The van der Waals surface area contributed by atoms with E-state index in [2.05, 4.69) is 58.5 Å². The number of nitrogens with one attached hydrogen (secondary N) is 5. The predicted molar refractivity (Wildman–Crippen MR) is 230 cm³/mol. The molecule has 316 valence electrons. The molecule has 0 spiro atoms. The van der Waals surface area contributed by atoms with Crippen LogP contribution in [0.15, 0.2) is 72.8 Å². The number of aromatic amines is 1. The maximum Gasteiger partial charge on any atom is 0.258 e. The third-order valence-corrected chi connectivity index (χ3v) is 12.0. The summed E-state index contributed by atoms with van der Waals surface area (Å²) in [4.78, 5) is 43.0. The van der Waals surface area contributed by atoms with Crippen LogP contribution < -0.4 is 26.2 Å². The summed E-state index contributed by atoms with van der Waals surface area (Å²) in [6.07, 6.45) is 2.75. The van der Waals surface area contributed by atoms with E-state index in [1.54, 1.807) is 4.68 Å². The van der Waals surface area contributed by atoms with Crippen LogP contribution in [-0.2, 0) is 27.8 Å². The Hall–Kier alpha value is -6.39. The molecule has 3 aliphatic rings. The van der Waals surface area contributed by atoms with E-state index in [0.29, 0.717) is 60.5 Å². The third-order valence-electron chi connectivity index (χ3n) is 12.0. The van der Waals surface area contributed by atoms with Crippen molar-refractivity contribution in [3.8, 4) is 0 Å². The van der Waals surface area contributed by atoms with E-state index in [0.717, 1.165) is 97.2 Å². The van der Waals surface area contributed by atoms with Crippen molar-refractivity contribution in [2.75, 3.05) is 73.3 Å². The number of halogens is 2. The number of amides is 3. The van der Waals surface area contributed by atoms with Crippen LogP contribution in [0, 0.1) is 11.6 Å². The molecule has 3 amide bonds. The highest BCUT2D eigenvalue weighted by molar-refractivity contribution is 6.11. The number of piperazine rings is 1. The summed E-state index contributed by atoms with van der Waals surface area (Å²) in [5.74, 6) is -2.15. The first-order valence-electron chi connectivity index (χ1n) is 20.9. The molecule has 16 heteroatoms. The third kappa shape index (κ3) is 8.91. The number of carbonyl (C=O) groups is 3. The predicted octanol–water partition coefficient (Wildman–Crippen LogP) is 5.92. The molecule has 2 aromatic heterocycles. The Morgan fingerprint density at radius 2 is 1.69 bits per heavy atom. The number of piperidine rings is 1. The topological polar surface area (TPSA) is 162 Å². The molecule has 3 saturated heterocycles. The van der Waals surface area contributed by atoms with E-state index in [9.17, 15) is 23.2 Å². The number of benzene rings is 4. The van der Waals surface area contributed by atoms with Gasteiger partial charge in [0, 0.05) is 106 Å². The van der Waals surface area contributed by atoms with Crippen molar-refractivity contribution in [3.63, 3.8) is 0 Å². The lowest BCUT2D eigenvalue weighted by atomic mass is 9.93. The number of H-pyrrole nitrogens is 1. The van der Waals surface area contributed by atoms with Gasteiger partial charge in [-0.1, -0.05) is 6.07 Å². The molecule has 5 N–H and O–H groups in total. The number of ether oxygens (including phenoxy) is 1. The number of aryl methyl sites for hydroxylation is 1. The number of hydrogen-bond donors (Lipinski definition) is 5. The highest BCUT2D eigenvalue weighted by Gasteiger charge is 2.32. The van der Waals surface area contributed by atoms with Crippen molar-refractivity contribution >= 4 is 62.4 Å².